The van der Waals surface area contributed by atoms with Gasteiger partial charge in [0.1, 0.15) is 11.5 Å². The first-order valence-corrected chi connectivity index (χ1v) is 6.69. The van der Waals surface area contributed by atoms with Crippen molar-refractivity contribution in [2.45, 2.75) is 19.9 Å². The van der Waals surface area contributed by atoms with Crippen molar-refractivity contribution >= 4 is 11.6 Å². The average molecular weight is 276 g/mol. The molecule has 1 atom stereocenters. The smallest absolute Gasteiger partial charge is 0.130 e. The highest BCUT2D eigenvalue weighted by atomic mass is 35.5. The van der Waals surface area contributed by atoms with Crippen LogP contribution in [0.1, 0.15) is 24.1 Å². The van der Waals surface area contributed by atoms with Gasteiger partial charge < -0.3 is 10.1 Å². The molecular weight excluding hydrogens is 258 g/mol. The SMILES string of the molecule is CNC(C)c1cccc(Oc2ccc(Cl)cc2C)c1. The molecule has 0 aliphatic heterocycles. The third-order valence-electron chi connectivity index (χ3n) is 3.16. The van der Waals surface area contributed by atoms with Crippen LogP contribution in [0.25, 0.3) is 0 Å². The van der Waals surface area contributed by atoms with Gasteiger partial charge in [-0.15, -0.1) is 0 Å². The van der Waals surface area contributed by atoms with Crippen molar-refractivity contribution in [3.05, 3.63) is 58.6 Å². The van der Waals surface area contributed by atoms with Crippen LogP contribution in [0.15, 0.2) is 42.5 Å². The molecule has 0 amide bonds. The molecule has 2 aromatic carbocycles. The maximum Gasteiger partial charge on any atom is 0.130 e. The molecule has 0 heterocycles. The molecule has 19 heavy (non-hydrogen) atoms. The summed E-state index contributed by atoms with van der Waals surface area (Å²) in [5, 5.41) is 3.94. The van der Waals surface area contributed by atoms with Crippen LogP contribution in [-0.2, 0) is 0 Å². The summed E-state index contributed by atoms with van der Waals surface area (Å²) in [6.07, 6.45) is 0. The Morgan fingerprint density at radius 3 is 2.63 bits per heavy atom. The lowest BCUT2D eigenvalue weighted by atomic mass is 10.1. The van der Waals surface area contributed by atoms with Crippen LogP contribution < -0.4 is 10.1 Å². The van der Waals surface area contributed by atoms with Crippen molar-refractivity contribution in [3.63, 3.8) is 0 Å². The molecule has 0 fully saturated rings. The fraction of sp³-hybridized carbons (Fsp3) is 0.250. The van der Waals surface area contributed by atoms with E-state index in [1.54, 1.807) is 0 Å². The van der Waals surface area contributed by atoms with Crippen molar-refractivity contribution in [1.82, 2.24) is 5.32 Å². The summed E-state index contributed by atoms with van der Waals surface area (Å²) in [5.41, 5.74) is 2.23. The third kappa shape index (κ3) is 3.49. The minimum absolute atomic E-state index is 0.301. The summed E-state index contributed by atoms with van der Waals surface area (Å²) in [7, 11) is 1.95. The molecule has 0 bridgehead atoms. The molecule has 0 saturated carbocycles. The fourth-order valence-electron chi connectivity index (χ4n) is 1.87. The van der Waals surface area contributed by atoms with E-state index in [1.165, 1.54) is 5.56 Å². The Morgan fingerprint density at radius 1 is 1.16 bits per heavy atom. The van der Waals surface area contributed by atoms with E-state index >= 15 is 0 Å². The Bertz CT molecular complexity index is 568. The quantitative estimate of drug-likeness (QED) is 0.872. The molecule has 100 valence electrons. The van der Waals surface area contributed by atoms with E-state index in [4.69, 9.17) is 16.3 Å². The van der Waals surface area contributed by atoms with Gasteiger partial charge in [0.2, 0.25) is 0 Å². The standard InChI is InChI=1S/C16H18ClNO/c1-11-9-14(17)7-8-16(11)19-15-6-4-5-13(10-15)12(2)18-3/h4-10,12,18H,1-3H3. The lowest BCUT2D eigenvalue weighted by Crippen LogP contribution is -2.12. The second-order valence-corrected chi connectivity index (χ2v) is 5.03. The Morgan fingerprint density at radius 2 is 1.95 bits per heavy atom. The van der Waals surface area contributed by atoms with Crippen molar-refractivity contribution in [1.29, 1.82) is 0 Å². The molecule has 2 aromatic rings. The summed E-state index contributed by atoms with van der Waals surface area (Å²) in [6, 6.07) is 14.0. The second-order valence-electron chi connectivity index (χ2n) is 4.59. The Kier molecular flexibility index (Phi) is 4.46. The minimum atomic E-state index is 0.301. The predicted molar refractivity (Wildman–Crippen MR) is 80.2 cm³/mol. The molecule has 0 radical (unpaired) electrons. The Labute approximate surface area is 119 Å². The van der Waals surface area contributed by atoms with E-state index in [2.05, 4.69) is 24.4 Å². The van der Waals surface area contributed by atoms with Gasteiger partial charge in [0.15, 0.2) is 0 Å². The average Bonchev–Trinajstić information content (AvgIpc) is 2.41. The van der Waals surface area contributed by atoms with E-state index in [9.17, 15) is 0 Å². The van der Waals surface area contributed by atoms with Gasteiger partial charge in [0.05, 0.1) is 0 Å². The van der Waals surface area contributed by atoms with Gasteiger partial charge in [-0.05, 0) is 62.4 Å². The van der Waals surface area contributed by atoms with Crippen LogP contribution in [0.3, 0.4) is 0 Å². The minimum Gasteiger partial charge on any atom is -0.457 e. The highest BCUT2D eigenvalue weighted by Crippen LogP contribution is 2.28. The Balaban J connectivity index is 2.23. The van der Waals surface area contributed by atoms with E-state index in [-0.39, 0.29) is 0 Å². The molecule has 3 heteroatoms. The summed E-state index contributed by atoms with van der Waals surface area (Å²) in [6.45, 7) is 4.11. The monoisotopic (exact) mass is 275 g/mol. The zero-order valence-corrected chi connectivity index (χ0v) is 12.2. The fourth-order valence-corrected chi connectivity index (χ4v) is 2.09. The highest BCUT2D eigenvalue weighted by Gasteiger charge is 2.06. The lowest BCUT2D eigenvalue weighted by molar-refractivity contribution is 0.477. The van der Waals surface area contributed by atoms with Gasteiger partial charge in [0, 0.05) is 11.1 Å². The van der Waals surface area contributed by atoms with Crippen LogP contribution in [0.5, 0.6) is 11.5 Å². The molecule has 0 aliphatic rings. The number of rotatable bonds is 4. The topological polar surface area (TPSA) is 21.3 Å². The number of hydrogen-bond donors (Lipinski definition) is 1. The molecule has 2 rings (SSSR count). The van der Waals surface area contributed by atoms with E-state index in [1.807, 2.05) is 44.3 Å². The Hall–Kier alpha value is -1.51. The maximum atomic E-state index is 5.94. The third-order valence-corrected chi connectivity index (χ3v) is 3.39. The number of benzene rings is 2. The van der Waals surface area contributed by atoms with Crippen molar-refractivity contribution < 1.29 is 4.74 Å². The van der Waals surface area contributed by atoms with Gasteiger partial charge in [-0.2, -0.15) is 0 Å². The number of hydrogen-bond acceptors (Lipinski definition) is 2. The van der Waals surface area contributed by atoms with Crippen molar-refractivity contribution in [3.8, 4) is 11.5 Å². The second kappa shape index (κ2) is 6.09. The highest BCUT2D eigenvalue weighted by molar-refractivity contribution is 6.30. The van der Waals surface area contributed by atoms with Crippen LogP contribution in [0, 0.1) is 6.92 Å². The number of nitrogens with one attached hydrogen (secondary N) is 1. The maximum absolute atomic E-state index is 5.94. The number of ether oxygens (including phenoxy) is 1. The molecular formula is C16H18ClNO. The summed E-state index contributed by atoms with van der Waals surface area (Å²) >= 11 is 5.94. The molecule has 0 aliphatic carbocycles. The van der Waals surface area contributed by atoms with E-state index in [0.717, 1.165) is 22.1 Å². The van der Waals surface area contributed by atoms with Crippen LogP contribution in [0.2, 0.25) is 5.02 Å². The van der Waals surface area contributed by atoms with E-state index < -0.39 is 0 Å². The molecule has 1 unspecified atom stereocenters. The number of aryl methyl sites for hydroxylation is 1. The summed E-state index contributed by atoms with van der Waals surface area (Å²) in [4.78, 5) is 0. The van der Waals surface area contributed by atoms with Crippen LogP contribution in [0.4, 0.5) is 0 Å². The van der Waals surface area contributed by atoms with Crippen LogP contribution in [-0.4, -0.2) is 7.05 Å². The summed E-state index contributed by atoms with van der Waals surface area (Å²) < 4.78 is 5.91. The van der Waals surface area contributed by atoms with E-state index in [0.29, 0.717) is 6.04 Å². The first-order chi connectivity index (χ1) is 9.10. The largest absolute Gasteiger partial charge is 0.457 e. The normalized spacial score (nSPS) is 12.2. The van der Waals surface area contributed by atoms with Gasteiger partial charge in [-0.1, -0.05) is 23.7 Å². The van der Waals surface area contributed by atoms with Crippen LogP contribution >= 0.6 is 11.6 Å². The zero-order chi connectivity index (χ0) is 13.8. The van der Waals surface area contributed by atoms with Crippen molar-refractivity contribution in [2.24, 2.45) is 0 Å². The van der Waals surface area contributed by atoms with Gasteiger partial charge >= 0.3 is 0 Å². The zero-order valence-electron chi connectivity index (χ0n) is 11.4. The molecule has 0 spiro atoms. The van der Waals surface area contributed by atoms with Gasteiger partial charge in [-0.25, -0.2) is 0 Å². The molecule has 2 nitrogen and oxygen atoms in total. The number of halogens is 1. The lowest BCUT2D eigenvalue weighted by Gasteiger charge is -2.13. The molecule has 0 saturated heterocycles. The first-order valence-electron chi connectivity index (χ1n) is 6.31. The van der Waals surface area contributed by atoms with Gasteiger partial charge in [-0.3, -0.25) is 0 Å². The molecule has 1 N–H and O–H groups in total. The first kappa shape index (κ1) is 13.9. The predicted octanol–water partition coefficient (Wildman–Crippen LogP) is 4.72. The van der Waals surface area contributed by atoms with Gasteiger partial charge in [0.25, 0.3) is 0 Å². The molecule has 0 aromatic heterocycles. The van der Waals surface area contributed by atoms with Crippen molar-refractivity contribution in [2.75, 3.05) is 7.05 Å². The summed E-state index contributed by atoms with van der Waals surface area (Å²) in [5.74, 6) is 1.67.